The molecular weight excluding hydrogens is 180 g/mol. The molecule has 0 bridgehead atoms. The standard InChI is InChI=1S/C9H12N4O/c1-6(3-10)13-8(14)2-7-4-11-5-12-9(7)13/h4-6H,2-3,10H2,1H3. The number of nitrogens with zero attached hydrogens (tertiary/aromatic N) is 3. The van der Waals surface area contributed by atoms with Gasteiger partial charge in [-0.25, -0.2) is 9.97 Å². The molecule has 5 heteroatoms. The average Bonchev–Trinajstić information content (AvgIpc) is 2.53. The van der Waals surface area contributed by atoms with Gasteiger partial charge in [0.25, 0.3) is 0 Å². The Morgan fingerprint density at radius 3 is 3.21 bits per heavy atom. The molecule has 1 aromatic rings. The lowest BCUT2D eigenvalue weighted by atomic mass is 10.3. The summed E-state index contributed by atoms with van der Waals surface area (Å²) in [5.41, 5.74) is 6.42. The number of anilines is 1. The summed E-state index contributed by atoms with van der Waals surface area (Å²) in [5, 5.41) is 0. The SMILES string of the molecule is CC(CN)N1C(=O)Cc2cncnc21. The van der Waals surface area contributed by atoms with Crippen LogP contribution in [0.15, 0.2) is 12.5 Å². The monoisotopic (exact) mass is 192 g/mol. The molecule has 0 radical (unpaired) electrons. The molecule has 1 unspecified atom stereocenters. The van der Waals surface area contributed by atoms with Gasteiger partial charge in [0, 0.05) is 24.3 Å². The first kappa shape index (κ1) is 9.08. The van der Waals surface area contributed by atoms with Crippen LogP contribution < -0.4 is 10.6 Å². The van der Waals surface area contributed by atoms with Crippen molar-refractivity contribution in [2.45, 2.75) is 19.4 Å². The smallest absolute Gasteiger partial charge is 0.233 e. The van der Waals surface area contributed by atoms with Gasteiger partial charge in [-0.2, -0.15) is 0 Å². The van der Waals surface area contributed by atoms with Crippen LogP contribution in [0.1, 0.15) is 12.5 Å². The van der Waals surface area contributed by atoms with E-state index in [0.717, 1.165) is 5.56 Å². The first-order chi connectivity index (χ1) is 6.74. The van der Waals surface area contributed by atoms with Crippen molar-refractivity contribution in [3.63, 3.8) is 0 Å². The van der Waals surface area contributed by atoms with E-state index in [0.29, 0.717) is 18.8 Å². The topological polar surface area (TPSA) is 72.1 Å². The largest absolute Gasteiger partial charge is 0.328 e. The minimum Gasteiger partial charge on any atom is -0.328 e. The van der Waals surface area contributed by atoms with Gasteiger partial charge in [-0.05, 0) is 6.92 Å². The molecule has 1 atom stereocenters. The zero-order chi connectivity index (χ0) is 10.1. The fourth-order valence-corrected chi connectivity index (χ4v) is 1.62. The number of hydrogen-bond donors (Lipinski definition) is 1. The number of aromatic nitrogens is 2. The molecule has 0 aromatic carbocycles. The van der Waals surface area contributed by atoms with Crippen molar-refractivity contribution >= 4 is 11.7 Å². The third kappa shape index (κ3) is 1.26. The zero-order valence-corrected chi connectivity index (χ0v) is 7.97. The fraction of sp³-hybridized carbons (Fsp3) is 0.444. The van der Waals surface area contributed by atoms with Gasteiger partial charge < -0.3 is 5.73 Å². The predicted octanol–water partition coefficient (Wildman–Crippen LogP) is -0.287. The van der Waals surface area contributed by atoms with Crippen molar-refractivity contribution in [2.24, 2.45) is 5.73 Å². The van der Waals surface area contributed by atoms with E-state index in [1.807, 2.05) is 6.92 Å². The number of hydrogen-bond acceptors (Lipinski definition) is 4. The summed E-state index contributed by atoms with van der Waals surface area (Å²) in [6.07, 6.45) is 3.53. The summed E-state index contributed by atoms with van der Waals surface area (Å²) >= 11 is 0. The third-order valence-corrected chi connectivity index (χ3v) is 2.38. The molecule has 1 aromatic heterocycles. The first-order valence-electron chi connectivity index (χ1n) is 4.55. The summed E-state index contributed by atoms with van der Waals surface area (Å²) in [7, 11) is 0. The molecule has 0 fully saturated rings. The van der Waals surface area contributed by atoms with Gasteiger partial charge in [0.05, 0.1) is 6.42 Å². The highest BCUT2D eigenvalue weighted by molar-refractivity contribution is 6.00. The lowest BCUT2D eigenvalue weighted by molar-refractivity contribution is -0.117. The van der Waals surface area contributed by atoms with E-state index >= 15 is 0 Å². The molecule has 2 rings (SSSR count). The number of carbonyl (C=O) groups excluding carboxylic acids is 1. The molecule has 2 N–H and O–H groups in total. The number of carbonyl (C=O) groups is 1. The molecule has 0 saturated carbocycles. The number of rotatable bonds is 2. The quantitative estimate of drug-likeness (QED) is 0.699. The summed E-state index contributed by atoms with van der Waals surface area (Å²) in [6.45, 7) is 2.35. The molecule has 0 saturated heterocycles. The van der Waals surface area contributed by atoms with Crippen LogP contribution in [0.4, 0.5) is 5.82 Å². The van der Waals surface area contributed by atoms with E-state index in [4.69, 9.17) is 5.73 Å². The van der Waals surface area contributed by atoms with Gasteiger partial charge in [0.15, 0.2) is 0 Å². The summed E-state index contributed by atoms with van der Waals surface area (Å²) in [4.78, 5) is 21.3. The molecule has 14 heavy (non-hydrogen) atoms. The van der Waals surface area contributed by atoms with Crippen molar-refractivity contribution in [1.29, 1.82) is 0 Å². The predicted molar refractivity (Wildman–Crippen MR) is 51.7 cm³/mol. The second kappa shape index (κ2) is 3.34. The van der Waals surface area contributed by atoms with Crippen molar-refractivity contribution in [3.8, 4) is 0 Å². The van der Waals surface area contributed by atoms with Crippen LogP contribution in [0, 0.1) is 0 Å². The van der Waals surface area contributed by atoms with E-state index < -0.39 is 0 Å². The maximum atomic E-state index is 11.6. The highest BCUT2D eigenvalue weighted by Crippen LogP contribution is 2.26. The Labute approximate surface area is 82.0 Å². The van der Waals surface area contributed by atoms with Crippen LogP contribution in [0.5, 0.6) is 0 Å². The fourth-order valence-electron chi connectivity index (χ4n) is 1.62. The highest BCUT2D eigenvalue weighted by atomic mass is 16.2. The Balaban J connectivity index is 2.39. The van der Waals surface area contributed by atoms with Gasteiger partial charge in [0.1, 0.15) is 12.1 Å². The van der Waals surface area contributed by atoms with Gasteiger partial charge in [-0.3, -0.25) is 9.69 Å². The van der Waals surface area contributed by atoms with Crippen LogP contribution in [0.25, 0.3) is 0 Å². The van der Waals surface area contributed by atoms with Crippen LogP contribution >= 0.6 is 0 Å². The number of nitrogens with two attached hydrogens (primary N) is 1. The van der Waals surface area contributed by atoms with E-state index in [2.05, 4.69) is 9.97 Å². The second-order valence-electron chi connectivity index (χ2n) is 3.40. The van der Waals surface area contributed by atoms with E-state index in [1.54, 1.807) is 11.1 Å². The van der Waals surface area contributed by atoms with E-state index in [1.165, 1.54) is 6.33 Å². The van der Waals surface area contributed by atoms with Gasteiger partial charge in [-0.15, -0.1) is 0 Å². The van der Waals surface area contributed by atoms with Crippen molar-refractivity contribution in [2.75, 3.05) is 11.4 Å². The summed E-state index contributed by atoms with van der Waals surface area (Å²) in [6, 6.07) is -0.00125. The Kier molecular flexibility index (Phi) is 2.17. The molecule has 0 spiro atoms. The molecule has 5 nitrogen and oxygen atoms in total. The van der Waals surface area contributed by atoms with E-state index in [9.17, 15) is 4.79 Å². The van der Waals surface area contributed by atoms with Crippen molar-refractivity contribution < 1.29 is 4.79 Å². The van der Waals surface area contributed by atoms with E-state index in [-0.39, 0.29) is 11.9 Å². The lowest BCUT2D eigenvalue weighted by Gasteiger charge is -2.22. The maximum Gasteiger partial charge on any atom is 0.233 e. The maximum absolute atomic E-state index is 11.6. The number of fused-ring (bicyclic) bond motifs is 1. The average molecular weight is 192 g/mol. The normalized spacial score (nSPS) is 17.0. The van der Waals surface area contributed by atoms with Crippen LogP contribution in [0.3, 0.4) is 0 Å². The molecule has 2 heterocycles. The summed E-state index contributed by atoms with van der Waals surface area (Å²) < 4.78 is 0. The summed E-state index contributed by atoms with van der Waals surface area (Å²) in [5.74, 6) is 0.765. The Hall–Kier alpha value is -1.49. The molecule has 0 aliphatic carbocycles. The highest BCUT2D eigenvalue weighted by Gasteiger charge is 2.31. The Bertz CT molecular complexity index is 366. The van der Waals surface area contributed by atoms with Gasteiger partial charge >= 0.3 is 0 Å². The van der Waals surface area contributed by atoms with Crippen LogP contribution in [0.2, 0.25) is 0 Å². The van der Waals surface area contributed by atoms with Crippen molar-refractivity contribution in [3.05, 3.63) is 18.1 Å². The minimum absolute atomic E-state index is 0.00125. The Morgan fingerprint density at radius 2 is 2.50 bits per heavy atom. The molecule has 74 valence electrons. The first-order valence-corrected chi connectivity index (χ1v) is 4.55. The minimum atomic E-state index is -0.00125. The molecule has 1 aliphatic heterocycles. The number of amides is 1. The Morgan fingerprint density at radius 1 is 1.71 bits per heavy atom. The van der Waals surface area contributed by atoms with Crippen molar-refractivity contribution in [1.82, 2.24) is 9.97 Å². The lowest BCUT2D eigenvalue weighted by Crippen LogP contribution is -2.40. The second-order valence-corrected chi connectivity index (χ2v) is 3.40. The van der Waals surface area contributed by atoms with Gasteiger partial charge in [-0.1, -0.05) is 0 Å². The van der Waals surface area contributed by atoms with Crippen LogP contribution in [-0.2, 0) is 11.2 Å². The zero-order valence-electron chi connectivity index (χ0n) is 7.97. The molecular formula is C9H12N4O. The molecule has 1 amide bonds. The van der Waals surface area contributed by atoms with Crippen LogP contribution in [-0.4, -0.2) is 28.5 Å². The van der Waals surface area contributed by atoms with Gasteiger partial charge in [0.2, 0.25) is 5.91 Å². The third-order valence-electron chi connectivity index (χ3n) is 2.38. The molecule has 1 aliphatic rings.